The van der Waals surface area contributed by atoms with Crippen molar-refractivity contribution in [1.82, 2.24) is 0 Å². The van der Waals surface area contributed by atoms with Gasteiger partial charge in [0.25, 0.3) is 0 Å². The average Bonchev–Trinajstić information content (AvgIpc) is 2.45. The summed E-state index contributed by atoms with van der Waals surface area (Å²) in [5, 5.41) is 0. The smallest absolute Gasteiger partial charge is 0.163 e. The zero-order chi connectivity index (χ0) is 14.5. The summed E-state index contributed by atoms with van der Waals surface area (Å²) in [5.74, 6) is 1.03. The third-order valence-corrected chi connectivity index (χ3v) is 3.46. The molecule has 0 heterocycles. The number of Topliss-reactive ketones (excluding diaryl/α,β-unsaturated/α-hetero) is 1. The summed E-state index contributed by atoms with van der Waals surface area (Å²) in [6, 6.07) is 13.8. The highest BCUT2D eigenvalue weighted by Crippen LogP contribution is 2.17. The number of aryl methyl sites for hydroxylation is 3. The highest BCUT2D eigenvalue weighted by atomic mass is 16.5. The number of ketones is 1. The molecule has 0 atom stereocenters. The maximum absolute atomic E-state index is 12.3. The Balaban J connectivity index is 2.04. The summed E-state index contributed by atoms with van der Waals surface area (Å²) in [5.41, 5.74) is 4.20. The van der Waals surface area contributed by atoms with E-state index in [0.717, 1.165) is 28.9 Å². The highest BCUT2D eigenvalue weighted by molar-refractivity contribution is 5.97. The summed E-state index contributed by atoms with van der Waals surface area (Å²) in [4.78, 5) is 12.3. The maximum Gasteiger partial charge on any atom is 0.163 e. The maximum atomic E-state index is 12.3. The van der Waals surface area contributed by atoms with E-state index in [1.54, 1.807) is 7.11 Å². The summed E-state index contributed by atoms with van der Waals surface area (Å²) in [6.45, 7) is 4.03. The zero-order valence-corrected chi connectivity index (χ0v) is 12.3. The van der Waals surface area contributed by atoms with Crippen molar-refractivity contribution in [3.63, 3.8) is 0 Å². The van der Waals surface area contributed by atoms with Crippen LogP contribution in [0.2, 0.25) is 0 Å². The monoisotopic (exact) mass is 268 g/mol. The van der Waals surface area contributed by atoms with Crippen molar-refractivity contribution in [1.29, 1.82) is 0 Å². The molecule has 0 aliphatic carbocycles. The van der Waals surface area contributed by atoms with E-state index in [1.807, 2.05) is 50.2 Å². The van der Waals surface area contributed by atoms with E-state index >= 15 is 0 Å². The SMILES string of the molecule is COc1cccc(CCC(=O)c2ccc(C)cc2C)c1. The summed E-state index contributed by atoms with van der Waals surface area (Å²) >= 11 is 0. The minimum Gasteiger partial charge on any atom is -0.497 e. The van der Waals surface area contributed by atoms with Crippen LogP contribution in [0.1, 0.15) is 33.5 Å². The van der Waals surface area contributed by atoms with Gasteiger partial charge < -0.3 is 4.74 Å². The van der Waals surface area contributed by atoms with E-state index in [-0.39, 0.29) is 5.78 Å². The quantitative estimate of drug-likeness (QED) is 0.762. The molecule has 2 aromatic rings. The van der Waals surface area contributed by atoms with Gasteiger partial charge in [0.15, 0.2) is 5.78 Å². The van der Waals surface area contributed by atoms with Crippen molar-refractivity contribution in [3.05, 3.63) is 64.7 Å². The Bertz CT molecular complexity index is 615. The molecule has 0 aromatic heterocycles. The van der Waals surface area contributed by atoms with Crippen LogP contribution in [0.4, 0.5) is 0 Å². The van der Waals surface area contributed by atoms with E-state index in [2.05, 4.69) is 6.07 Å². The van der Waals surface area contributed by atoms with Crippen molar-refractivity contribution < 1.29 is 9.53 Å². The van der Waals surface area contributed by atoms with Crippen LogP contribution in [0.15, 0.2) is 42.5 Å². The first-order chi connectivity index (χ1) is 9.60. The number of carbonyl (C=O) groups is 1. The van der Waals surface area contributed by atoms with Crippen molar-refractivity contribution in [2.24, 2.45) is 0 Å². The molecule has 0 aliphatic rings. The van der Waals surface area contributed by atoms with Crippen LogP contribution in [0.5, 0.6) is 5.75 Å². The molecule has 104 valence electrons. The minimum absolute atomic E-state index is 0.199. The van der Waals surface area contributed by atoms with Crippen molar-refractivity contribution >= 4 is 5.78 Å². The predicted octanol–water partition coefficient (Wildman–Crippen LogP) is 4.13. The first kappa shape index (κ1) is 14.3. The summed E-state index contributed by atoms with van der Waals surface area (Å²) < 4.78 is 5.19. The van der Waals surface area contributed by atoms with Gasteiger partial charge in [-0.2, -0.15) is 0 Å². The predicted molar refractivity (Wildman–Crippen MR) is 81.6 cm³/mol. The van der Waals surface area contributed by atoms with Gasteiger partial charge in [-0.05, 0) is 43.5 Å². The first-order valence-corrected chi connectivity index (χ1v) is 6.83. The van der Waals surface area contributed by atoms with E-state index in [4.69, 9.17) is 4.74 Å². The molecular formula is C18H20O2. The van der Waals surface area contributed by atoms with Gasteiger partial charge in [0, 0.05) is 12.0 Å². The second kappa shape index (κ2) is 6.38. The van der Waals surface area contributed by atoms with Crippen LogP contribution in [-0.2, 0) is 6.42 Å². The fraction of sp³-hybridized carbons (Fsp3) is 0.278. The van der Waals surface area contributed by atoms with Crippen LogP contribution in [0.25, 0.3) is 0 Å². The Labute approximate surface area is 120 Å². The molecule has 0 unspecified atom stereocenters. The van der Waals surface area contributed by atoms with E-state index in [9.17, 15) is 4.79 Å². The Kier molecular flexibility index (Phi) is 4.57. The number of ether oxygens (including phenoxy) is 1. The second-order valence-corrected chi connectivity index (χ2v) is 5.09. The molecule has 0 bridgehead atoms. The van der Waals surface area contributed by atoms with Crippen LogP contribution in [0, 0.1) is 13.8 Å². The molecule has 0 amide bonds. The van der Waals surface area contributed by atoms with Gasteiger partial charge in [-0.15, -0.1) is 0 Å². The van der Waals surface area contributed by atoms with Gasteiger partial charge in [-0.1, -0.05) is 35.9 Å². The van der Waals surface area contributed by atoms with Crippen LogP contribution >= 0.6 is 0 Å². The third-order valence-electron chi connectivity index (χ3n) is 3.46. The molecule has 0 saturated carbocycles. The van der Waals surface area contributed by atoms with Crippen LogP contribution < -0.4 is 4.74 Å². The van der Waals surface area contributed by atoms with E-state index in [1.165, 1.54) is 5.56 Å². The Morgan fingerprint density at radius 1 is 1.10 bits per heavy atom. The van der Waals surface area contributed by atoms with Gasteiger partial charge in [-0.3, -0.25) is 4.79 Å². The van der Waals surface area contributed by atoms with Crippen molar-refractivity contribution in [2.45, 2.75) is 26.7 Å². The fourth-order valence-electron chi connectivity index (χ4n) is 2.35. The molecular weight excluding hydrogens is 248 g/mol. The Hall–Kier alpha value is -2.09. The van der Waals surface area contributed by atoms with Gasteiger partial charge in [-0.25, -0.2) is 0 Å². The lowest BCUT2D eigenvalue weighted by Crippen LogP contribution is -2.04. The topological polar surface area (TPSA) is 26.3 Å². The van der Waals surface area contributed by atoms with Crippen molar-refractivity contribution in [2.75, 3.05) is 7.11 Å². The normalized spacial score (nSPS) is 10.3. The van der Waals surface area contributed by atoms with Crippen molar-refractivity contribution in [3.8, 4) is 5.75 Å². The van der Waals surface area contributed by atoms with Gasteiger partial charge in [0.05, 0.1) is 7.11 Å². The molecule has 0 fully saturated rings. The third kappa shape index (κ3) is 3.47. The molecule has 0 aliphatic heterocycles. The number of hydrogen-bond donors (Lipinski definition) is 0. The molecule has 2 heteroatoms. The lowest BCUT2D eigenvalue weighted by molar-refractivity contribution is 0.0982. The molecule has 0 radical (unpaired) electrons. The molecule has 0 saturated heterocycles. The first-order valence-electron chi connectivity index (χ1n) is 6.83. The summed E-state index contributed by atoms with van der Waals surface area (Å²) in [6.07, 6.45) is 1.26. The Morgan fingerprint density at radius 3 is 2.60 bits per heavy atom. The van der Waals surface area contributed by atoms with Gasteiger partial charge >= 0.3 is 0 Å². The fourth-order valence-corrected chi connectivity index (χ4v) is 2.35. The summed E-state index contributed by atoms with van der Waals surface area (Å²) in [7, 11) is 1.65. The number of rotatable bonds is 5. The number of benzene rings is 2. The minimum atomic E-state index is 0.199. The molecule has 2 nitrogen and oxygen atoms in total. The van der Waals surface area contributed by atoms with Crippen LogP contribution in [0.3, 0.4) is 0 Å². The number of hydrogen-bond acceptors (Lipinski definition) is 2. The molecule has 20 heavy (non-hydrogen) atoms. The lowest BCUT2D eigenvalue weighted by atomic mass is 9.98. The molecule has 2 aromatic carbocycles. The Morgan fingerprint density at radius 2 is 1.90 bits per heavy atom. The molecule has 0 N–H and O–H groups in total. The van der Waals surface area contributed by atoms with Crippen LogP contribution in [-0.4, -0.2) is 12.9 Å². The average molecular weight is 268 g/mol. The molecule has 2 rings (SSSR count). The second-order valence-electron chi connectivity index (χ2n) is 5.09. The van der Waals surface area contributed by atoms with E-state index < -0.39 is 0 Å². The van der Waals surface area contributed by atoms with Gasteiger partial charge in [0.2, 0.25) is 0 Å². The lowest BCUT2D eigenvalue weighted by Gasteiger charge is -2.07. The standard InChI is InChI=1S/C18H20O2/c1-13-7-9-17(14(2)11-13)18(19)10-8-15-5-4-6-16(12-15)20-3/h4-7,9,11-12H,8,10H2,1-3H3. The van der Waals surface area contributed by atoms with E-state index in [0.29, 0.717) is 6.42 Å². The zero-order valence-electron chi connectivity index (χ0n) is 12.3. The highest BCUT2D eigenvalue weighted by Gasteiger charge is 2.09. The number of methoxy groups -OCH3 is 1. The largest absolute Gasteiger partial charge is 0.497 e. The molecule has 0 spiro atoms. The van der Waals surface area contributed by atoms with Gasteiger partial charge in [0.1, 0.15) is 5.75 Å². The number of carbonyl (C=O) groups excluding carboxylic acids is 1.